The van der Waals surface area contributed by atoms with E-state index >= 15 is 0 Å². The highest BCUT2D eigenvalue weighted by Gasteiger charge is 2.37. The van der Waals surface area contributed by atoms with Gasteiger partial charge in [-0.2, -0.15) is 13.2 Å². The standard InChI is InChI=1S/C19H17F3N4O2S/c1-10(19(20,21)22)23-18(28)14-6-13(9-29-14)12-4-5-16-24-15(8-26(16)7-12)25-17(27)11-2-3-11/h4-11H,2-3H2,1H3,(H,23,28)(H,25,27). The van der Waals surface area contributed by atoms with Crippen LogP contribution in [0.25, 0.3) is 16.8 Å². The molecule has 0 radical (unpaired) electrons. The van der Waals surface area contributed by atoms with Gasteiger partial charge in [-0.25, -0.2) is 4.98 Å². The smallest absolute Gasteiger partial charge is 0.340 e. The Balaban J connectivity index is 1.51. The lowest BCUT2D eigenvalue weighted by Gasteiger charge is -2.16. The van der Waals surface area contributed by atoms with Crippen LogP contribution in [0, 0.1) is 5.92 Å². The van der Waals surface area contributed by atoms with Gasteiger partial charge in [0.25, 0.3) is 5.91 Å². The molecule has 1 saturated carbocycles. The van der Waals surface area contributed by atoms with E-state index in [4.69, 9.17) is 0 Å². The van der Waals surface area contributed by atoms with Crippen LogP contribution in [0.2, 0.25) is 0 Å². The lowest BCUT2D eigenvalue weighted by molar-refractivity contribution is -0.149. The van der Waals surface area contributed by atoms with Crippen LogP contribution in [0.1, 0.15) is 29.4 Å². The molecule has 0 bridgehead atoms. The summed E-state index contributed by atoms with van der Waals surface area (Å²) in [6.45, 7) is 0.902. The predicted molar refractivity (Wildman–Crippen MR) is 103 cm³/mol. The molecular weight excluding hydrogens is 405 g/mol. The number of alkyl halides is 3. The van der Waals surface area contributed by atoms with Gasteiger partial charge in [0.15, 0.2) is 5.82 Å². The van der Waals surface area contributed by atoms with Crippen molar-refractivity contribution in [3.63, 3.8) is 0 Å². The van der Waals surface area contributed by atoms with Crippen LogP contribution in [-0.4, -0.2) is 33.4 Å². The van der Waals surface area contributed by atoms with Gasteiger partial charge in [-0.3, -0.25) is 9.59 Å². The molecule has 4 rings (SSSR count). The third kappa shape index (κ3) is 4.26. The minimum absolute atomic E-state index is 0.0322. The number of amides is 2. The molecule has 0 saturated heterocycles. The fraction of sp³-hybridized carbons (Fsp3) is 0.316. The zero-order valence-electron chi connectivity index (χ0n) is 15.3. The van der Waals surface area contributed by atoms with Gasteiger partial charge >= 0.3 is 6.18 Å². The van der Waals surface area contributed by atoms with Crippen molar-refractivity contribution in [3.8, 4) is 11.1 Å². The summed E-state index contributed by atoms with van der Waals surface area (Å²) in [6.07, 6.45) is 0.800. The fourth-order valence-electron chi connectivity index (χ4n) is 2.75. The number of rotatable bonds is 5. The van der Waals surface area contributed by atoms with Crippen LogP contribution < -0.4 is 10.6 Å². The predicted octanol–water partition coefficient (Wildman–Crippen LogP) is 4.09. The zero-order chi connectivity index (χ0) is 20.8. The molecule has 3 aromatic heterocycles. The molecule has 29 heavy (non-hydrogen) atoms. The number of hydrogen-bond acceptors (Lipinski definition) is 4. The number of fused-ring (bicyclic) bond motifs is 1. The van der Waals surface area contributed by atoms with Crippen molar-refractivity contribution in [1.82, 2.24) is 14.7 Å². The highest BCUT2D eigenvalue weighted by atomic mass is 32.1. The van der Waals surface area contributed by atoms with Gasteiger partial charge in [0.05, 0.1) is 11.1 Å². The molecule has 1 fully saturated rings. The van der Waals surface area contributed by atoms with E-state index in [1.54, 1.807) is 40.4 Å². The van der Waals surface area contributed by atoms with E-state index in [2.05, 4.69) is 10.3 Å². The first kappa shape index (κ1) is 19.4. The minimum atomic E-state index is -4.49. The van der Waals surface area contributed by atoms with Gasteiger partial charge in [0.1, 0.15) is 11.7 Å². The molecule has 3 heterocycles. The number of anilines is 1. The largest absolute Gasteiger partial charge is 0.408 e. The number of nitrogens with one attached hydrogen (secondary N) is 2. The van der Waals surface area contributed by atoms with E-state index < -0.39 is 18.1 Å². The fourth-order valence-corrected chi connectivity index (χ4v) is 3.57. The summed E-state index contributed by atoms with van der Waals surface area (Å²) in [4.78, 5) is 28.5. The number of pyridine rings is 1. The molecule has 2 N–H and O–H groups in total. The van der Waals surface area contributed by atoms with Gasteiger partial charge < -0.3 is 15.0 Å². The quantitative estimate of drug-likeness (QED) is 0.650. The van der Waals surface area contributed by atoms with Crippen molar-refractivity contribution < 1.29 is 22.8 Å². The molecule has 0 aliphatic heterocycles. The molecule has 3 aromatic rings. The number of aromatic nitrogens is 2. The number of nitrogens with zero attached hydrogens (tertiary/aromatic N) is 2. The normalized spacial score (nSPS) is 15.3. The Morgan fingerprint density at radius 3 is 2.69 bits per heavy atom. The highest BCUT2D eigenvalue weighted by molar-refractivity contribution is 7.12. The first-order valence-corrected chi connectivity index (χ1v) is 9.85. The topological polar surface area (TPSA) is 75.5 Å². The molecule has 10 heteroatoms. The third-order valence-corrected chi connectivity index (χ3v) is 5.57. The Hall–Kier alpha value is -2.88. The molecule has 0 spiro atoms. The van der Waals surface area contributed by atoms with E-state index in [1.807, 2.05) is 5.32 Å². The van der Waals surface area contributed by atoms with Crippen LogP contribution in [0.5, 0.6) is 0 Å². The molecule has 1 unspecified atom stereocenters. The molecule has 152 valence electrons. The molecule has 1 aliphatic rings. The lowest BCUT2D eigenvalue weighted by atomic mass is 10.1. The van der Waals surface area contributed by atoms with Crippen molar-refractivity contribution in [1.29, 1.82) is 0 Å². The van der Waals surface area contributed by atoms with Crippen LogP contribution in [0.4, 0.5) is 19.0 Å². The van der Waals surface area contributed by atoms with E-state index in [1.165, 1.54) is 0 Å². The summed E-state index contributed by atoms with van der Waals surface area (Å²) < 4.78 is 39.6. The second-order valence-electron chi connectivity index (χ2n) is 7.01. The number of carbonyl (C=O) groups excluding carboxylic acids is 2. The minimum Gasteiger partial charge on any atom is -0.340 e. The van der Waals surface area contributed by atoms with Gasteiger partial charge in [-0.15, -0.1) is 11.3 Å². The zero-order valence-corrected chi connectivity index (χ0v) is 16.1. The summed E-state index contributed by atoms with van der Waals surface area (Å²) >= 11 is 1.07. The summed E-state index contributed by atoms with van der Waals surface area (Å²) in [7, 11) is 0. The monoisotopic (exact) mass is 422 g/mol. The van der Waals surface area contributed by atoms with Crippen molar-refractivity contribution in [2.24, 2.45) is 5.92 Å². The molecule has 1 aliphatic carbocycles. The Kier molecular flexibility index (Phi) is 4.81. The summed E-state index contributed by atoms with van der Waals surface area (Å²) in [5.41, 5.74) is 2.13. The van der Waals surface area contributed by atoms with Crippen LogP contribution in [0.3, 0.4) is 0 Å². The molecule has 1 atom stereocenters. The van der Waals surface area contributed by atoms with E-state index in [-0.39, 0.29) is 16.7 Å². The van der Waals surface area contributed by atoms with Crippen molar-refractivity contribution in [2.75, 3.05) is 5.32 Å². The average Bonchev–Trinajstić information content (AvgIpc) is 3.25. The van der Waals surface area contributed by atoms with E-state index in [9.17, 15) is 22.8 Å². The maximum absolute atomic E-state index is 12.6. The number of thiophene rings is 1. The maximum atomic E-state index is 12.6. The Morgan fingerprint density at radius 1 is 1.24 bits per heavy atom. The lowest BCUT2D eigenvalue weighted by Crippen LogP contribution is -2.42. The van der Waals surface area contributed by atoms with Crippen molar-refractivity contribution in [2.45, 2.75) is 32.0 Å². The number of hydrogen-bond donors (Lipinski definition) is 2. The van der Waals surface area contributed by atoms with Gasteiger partial charge in [0, 0.05) is 12.1 Å². The van der Waals surface area contributed by atoms with Gasteiger partial charge in [-0.1, -0.05) is 0 Å². The second kappa shape index (κ2) is 7.18. The third-order valence-electron chi connectivity index (χ3n) is 4.65. The first-order valence-electron chi connectivity index (χ1n) is 8.97. The molecule has 2 amide bonds. The second-order valence-corrected chi connectivity index (χ2v) is 7.92. The Bertz CT molecular complexity index is 1080. The number of imidazole rings is 1. The molecule has 0 aromatic carbocycles. The van der Waals surface area contributed by atoms with Gasteiger partial charge in [0.2, 0.25) is 5.91 Å². The molecule has 6 nitrogen and oxygen atoms in total. The van der Waals surface area contributed by atoms with Crippen LogP contribution >= 0.6 is 11.3 Å². The Labute approximate surface area is 167 Å². The summed E-state index contributed by atoms with van der Waals surface area (Å²) in [5, 5.41) is 6.45. The van der Waals surface area contributed by atoms with Crippen LogP contribution in [0.15, 0.2) is 36.0 Å². The van der Waals surface area contributed by atoms with Crippen LogP contribution in [-0.2, 0) is 4.79 Å². The van der Waals surface area contributed by atoms with Crippen molar-refractivity contribution in [3.05, 3.63) is 40.8 Å². The average molecular weight is 422 g/mol. The van der Waals surface area contributed by atoms with E-state index in [0.29, 0.717) is 17.0 Å². The highest BCUT2D eigenvalue weighted by Crippen LogP contribution is 2.30. The first-order chi connectivity index (χ1) is 13.7. The summed E-state index contributed by atoms with van der Waals surface area (Å²) in [5.74, 6) is -0.258. The Morgan fingerprint density at radius 2 is 2.00 bits per heavy atom. The molecular formula is C19H17F3N4O2S. The SMILES string of the molecule is CC(NC(=O)c1cc(-c2ccc3nc(NC(=O)C4CC4)cn3c2)cs1)C(F)(F)F. The summed E-state index contributed by atoms with van der Waals surface area (Å²) in [6, 6.07) is 3.20. The van der Waals surface area contributed by atoms with Gasteiger partial charge in [-0.05, 0) is 54.5 Å². The number of carbonyl (C=O) groups is 2. The van der Waals surface area contributed by atoms with Crippen molar-refractivity contribution >= 4 is 34.6 Å². The number of halogens is 3. The maximum Gasteiger partial charge on any atom is 0.408 e. The van der Waals surface area contributed by atoms with E-state index in [0.717, 1.165) is 36.7 Å².